The van der Waals surface area contributed by atoms with Gasteiger partial charge in [-0.25, -0.2) is 4.39 Å². The molecule has 0 amide bonds. The zero-order valence-corrected chi connectivity index (χ0v) is 15.2. The van der Waals surface area contributed by atoms with Gasteiger partial charge in [0.05, 0.1) is 31.9 Å². The topological polar surface area (TPSA) is 20.8 Å². The number of hydrogen-bond acceptors (Lipinski definition) is 2. The summed E-state index contributed by atoms with van der Waals surface area (Å²) in [6, 6.07) is 18.7. The molecule has 3 aromatic rings. The second-order valence-electron chi connectivity index (χ2n) is 6.64. The summed E-state index contributed by atoms with van der Waals surface area (Å²) in [4.78, 5) is 3.58. The Kier molecular flexibility index (Phi) is 4.96. The number of benzene rings is 2. The SMILES string of the molecule is Fc1ccccc1N1CC[NH+](Cc2ccc(-c3ccc(Cl)cc3)o2)CC1. The third-order valence-electron chi connectivity index (χ3n) is 4.88. The number of nitrogens with one attached hydrogen (secondary N) is 1. The van der Waals surface area contributed by atoms with Gasteiger partial charge in [-0.3, -0.25) is 0 Å². The summed E-state index contributed by atoms with van der Waals surface area (Å²) < 4.78 is 19.9. The molecule has 1 saturated heterocycles. The molecule has 0 radical (unpaired) electrons. The Hall–Kier alpha value is -2.30. The van der Waals surface area contributed by atoms with Crippen molar-refractivity contribution in [2.75, 3.05) is 31.1 Å². The highest BCUT2D eigenvalue weighted by molar-refractivity contribution is 6.30. The van der Waals surface area contributed by atoms with Crippen molar-refractivity contribution >= 4 is 17.3 Å². The van der Waals surface area contributed by atoms with Crippen LogP contribution in [0.25, 0.3) is 11.3 Å². The second kappa shape index (κ2) is 7.52. The zero-order valence-electron chi connectivity index (χ0n) is 14.4. The number of para-hydroxylation sites is 1. The van der Waals surface area contributed by atoms with Crippen LogP contribution in [0, 0.1) is 5.82 Å². The van der Waals surface area contributed by atoms with E-state index in [1.54, 1.807) is 6.07 Å². The largest absolute Gasteiger partial charge is 0.455 e. The van der Waals surface area contributed by atoms with Crippen LogP contribution in [0.4, 0.5) is 10.1 Å². The molecule has 2 aromatic carbocycles. The molecule has 134 valence electrons. The smallest absolute Gasteiger partial charge is 0.158 e. The van der Waals surface area contributed by atoms with Crippen LogP contribution in [0.2, 0.25) is 5.02 Å². The molecule has 1 aromatic heterocycles. The summed E-state index contributed by atoms with van der Waals surface area (Å²) in [5, 5.41) is 0.720. The molecule has 0 bridgehead atoms. The Bertz CT molecular complexity index is 870. The van der Waals surface area contributed by atoms with E-state index in [1.807, 2.05) is 48.5 Å². The summed E-state index contributed by atoms with van der Waals surface area (Å²) in [6.07, 6.45) is 0. The average molecular weight is 372 g/mol. The molecule has 0 spiro atoms. The van der Waals surface area contributed by atoms with E-state index >= 15 is 0 Å². The van der Waals surface area contributed by atoms with Crippen LogP contribution in [0.3, 0.4) is 0 Å². The van der Waals surface area contributed by atoms with Gasteiger partial charge >= 0.3 is 0 Å². The number of hydrogen-bond donors (Lipinski definition) is 1. The first-order valence-electron chi connectivity index (χ1n) is 8.87. The molecule has 0 aliphatic carbocycles. The molecule has 3 nitrogen and oxygen atoms in total. The molecule has 2 heterocycles. The van der Waals surface area contributed by atoms with Crippen LogP contribution in [0.1, 0.15) is 5.76 Å². The first-order valence-corrected chi connectivity index (χ1v) is 9.24. The molecule has 4 rings (SSSR count). The number of anilines is 1. The number of halogens is 2. The quantitative estimate of drug-likeness (QED) is 0.755. The van der Waals surface area contributed by atoms with Crippen LogP contribution in [0.15, 0.2) is 65.1 Å². The van der Waals surface area contributed by atoms with Gasteiger partial charge in [-0.1, -0.05) is 23.7 Å². The van der Waals surface area contributed by atoms with Gasteiger partial charge in [0.25, 0.3) is 0 Å². The van der Waals surface area contributed by atoms with Gasteiger partial charge in [0.2, 0.25) is 0 Å². The Morgan fingerprint density at radius 1 is 0.962 bits per heavy atom. The highest BCUT2D eigenvalue weighted by Gasteiger charge is 2.23. The van der Waals surface area contributed by atoms with Crippen molar-refractivity contribution < 1.29 is 13.7 Å². The number of piperazine rings is 1. The Morgan fingerprint density at radius 3 is 2.42 bits per heavy atom. The van der Waals surface area contributed by atoms with Crippen molar-refractivity contribution in [3.05, 3.63) is 77.3 Å². The lowest BCUT2D eigenvalue weighted by Gasteiger charge is -2.33. The fourth-order valence-electron chi connectivity index (χ4n) is 3.44. The van der Waals surface area contributed by atoms with Gasteiger partial charge in [0.15, 0.2) is 5.76 Å². The van der Waals surface area contributed by atoms with Crippen molar-refractivity contribution in [1.29, 1.82) is 0 Å². The molecule has 1 N–H and O–H groups in total. The van der Waals surface area contributed by atoms with E-state index in [0.29, 0.717) is 5.69 Å². The van der Waals surface area contributed by atoms with E-state index < -0.39 is 0 Å². The summed E-state index contributed by atoms with van der Waals surface area (Å²) in [6.45, 7) is 4.47. The summed E-state index contributed by atoms with van der Waals surface area (Å²) in [7, 11) is 0. The van der Waals surface area contributed by atoms with Gasteiger partial charge in [0.1, 0.15) is 18.1 Å². The van der Waals surface area contributed by atoms with Crippen molar-refractivity contribution in [2.24, 2.45) is 0 Å². The van der Waals surface area contributed by atoms with E-state index in [0.717, 1.165) is 54.8 Å². The van der Waals surface area contributed by atoms with Crippen molar-refractivity contribution in [3.63, 3.8) is 0 Å². The molecule has 5 heteroatoms. The summed E-state index contributed by atoms with van der Waals surface area (Å²) in [5.74, 6) is 1.69. The van der Waals surface area contributed by atoms with Crippen LogP contribution in [0.5, 0.6) is 0 Å². The van der Waals surface area contributed by atoms with E-state index in [9.17, 15) is 4.39 Å². The minimum atomic E-state index is -0.144. The van der Waals surface area contributed by atoms with Crippen molar-refractivity contribution in [2.45, 2.75) is 6.54 Å². The van der Waals surface area contributed by atoms with Crippen LogP contribution < -0.4 is 9.80 Å². The second-order valence-corrected chi connectivity index (χ2v) is 7.07. The highest BCUT2D eigenvalue weighted by atomic mass is 35.5. The normalized spacial score (nSPS) is 15.4. The van der Waals surface area contributed by atoms with Crippen LogP contribution in [-0.4, -0.2) is 26.2 Å². The number of quaternary nitrogens is 1. The number of rotatable bonds is 4. The molecule has 0 saturated carbocycles. The summed E-state index contributed by atoms with van der Waals surface area (Å²) >= 11 is 5.94. The molecule has 0 atom stereocenters. The van der Waals surface area contributed by atoms with Crippen molar-refractivity contribution in [3.8, 4) is 11.3 Å². The number of nitrogens with zero attached hydrogens (tertiary/aromatic N) is 1. The van der Waals surface area contributed by atoms with Crippen LogP contribution >= 0.6 is 11.6 Å². The maximum absolute atomic E-state index is 13.9. The molecule has 1 fully saturated rings. The van der Waals surface area contributed by atoms with Gasteiger partial charge in [0, 0.05) is 10.6 Å². The molecule has 1 aliphatic rings. The Balaban J connectivity index is 1.36. The monoisotopic (exact) mass is 371 g/mol. The van der Waals surface area contributed by atoms with E-state index in [1.165, 1.54) is 11.0 Å². The molecule has 1 aliphatic heterocycles. The lowest BCUT2D eigenvalue weighted by Crippen LogP contribution is -3.13. The predicted molar refractivity (Wildman–Crippen MR) is 102 cm³/mol. The third kappa shape index (κ3) is 3.76. The van der Waals surface area contributed by atoms with Crippen LogP contribution in [-0.2, 0) is 6.54 Å². The lowest BCUT2D eigenvalue weighted by molar-refractivity contribution is -0.915. The fourth-order valence-corrected chi connectivity index (χ4v) is 3.56. The molecular formula is C21H21ClFN2O+. The first kappa shape index (κ1) is 17.1. The Labute approximate surface area is 157 Å². The number of furan rings is 1. The Morgan fingerprint density at radius 2 is 1.69 bits per heavy atom. The van der Waals surface area contributed by atoms with E-state index in [4.69, 9.17) is 16.0 Å². The zero-order chi connectivity index (χ0) is 17.9. The third-order valence-corrected chi connectivity index (χ3v) is 5.13. The highest BCUT2D eigenvalue weighted by Crippen LogP contribution is 2.23. The van der Waals surface area contributed by atoms with Gasteiger partial charge in [-0.05, 0) is 48.5 Å². The minimum absolute atomic E-state index is 0.144. The maximum atomic E-state index is 13.9. The van der Waals surface area contributed by atoms with Gasteiger partial charge in [-0.15, -0.1) is 0 Å². The van der Waals surface area contributed by atoms with Crippen molar-refractivity contribution in [1.82, 2.24) is 0 Å². The molecule has 0 unspecified atom stereocenters. The minimum Gasteiger partial charge on any atom is -0.455 e. The van der Waals surface area contributed by atoms with E-state index in [-0.39, 0.29) is 5.82 Å². The van der Waals surface area contributed by atoms with E-state index in [2.05, 4.69) is 4.90 Å². The van der Waals surface area contributed by atoms with Gasteiger partial charge < -0.3 is 14.2 Å². The fraction of sp³-hybridized carbons (Fsp3) is 0.238. The predicted octanol–water partition coefficient (Wildman–Crippen LogP) is 3.64. The summed E-state index contributed by atoms with van der Waals surface area (Å²) in [5.41, 5.74) is 1.73. The molecular weight excluding hydrogens is 351 g/mol. The lowest BCUT2D eigenvalue weighted by atomic mass is 10.2. The molecule has 26 heavy (non-hydrogen) atoms. The standard InChI is InChI=1S/C21H20ClFN2O/c22-17-7-5-16(6-8-17)21-10-9-18(26-21)15-24-11-13-25(14-12-24)20-4-2-1-3-19(20)23/h1-10H,11-15H2/p+1. The average Bonchev–Trinajstić information content (AvgIpc) is 3.12. The first-order chi connectivity index (χ1) is 12.7. The maximum Gasteiger partial charge on any atom is 0.158 e. The van der Waals surface area contributed by atoms with Gasteiger partial charge in [-0.2, -0.15) is 0 Å².